The van der Waals surface area contributed by atoms with Crippen molar-refractivity contribution < 1.29 is 4.52 Å². The van der Waals surface area contributed by atoms with Crippen molar-refractivity contribution in [2.75, 3.05) is 5.32 Å². The molecule has 7 heteroatoms. The largest absolute Gasteiger partial charge is 0.376 e. The van der Waals surface area contributed by atoms with Crippen molar-refractivity contribution in [3.8, 4) is 11.5 Å². The van der Waals surface area contributed by atoms with Crippen molar-refractivity contribution in [3.05, 3.63) is 53.8 Å². The fourth-order valence-electron chi connectivity index (χ4n) is 1.63. The standard InChI is InChI=1S/C13H10ClN5O/c14-9-2-1-3-10(6-9)16-7-12-18-13(19-20-12)11-4-5-15-8-17-11/h1-6,8,16H,7H2. The SMILES string of the molecule is Clc1cccc(NCc2nc(-c3ccncn3)no2)c1. The van der Waals surface area contributed by atoms with Crippen LogP contribution in [0.2, 0.25) is 5.02 Å². The highest BCUT2D eigenvalue weighted by Crippen LogP contribution is 2.16. The lowest BCUT2D eigenvalue weighted by molar-refractivity contribution is 0.384. The number of rotatable bonds is 4. The predicted octanol–water partition coefficient (Wildman–Crippen LogP) is 2.79. The first-order valence-electron chi connectivity index (χ1n) is 5.90. The van der Waals surface area contributed by atoms with Crippen molar-refractivity contribution in [1.82, 2.24) is 20.1 Å². The van der Waals surface area contributed by atoms with Crippen LogP contribution in [0.25, 0.3) is 11.5 Å². The Morgan fingerprint density at radius 3 is 3.00 bits per heavy atom. The number of hydrogen-bond acceptors (Lipinski definition) is 6. The van der Waals surface area contributed by atoms with Crippen molar-refractivity contribution in [3.63, 3.8) is 0 Å². The van der Waals surface area contributed by atoms with Crippen LogP contribution in [-0.4, -0.2) is 20.1 Å². The van der Waals surface area contributed by atoms with E-state index in [0.717, 1.165) is 5.69 Å². The highest BCUT2D eigenvalue weighted by atomic mass is 35.5. The summed E-state index contributed by atoms with van der Waals surface area (Å²) in [7, 11) is 0. The van der Waals surface area contributed by atoms with Gasteiger partial charge in [0.05, 0.1) is 6.54 Å². The summed E-state index contributed by atoms with van der Waals surface area (Å²) in [6.45, 7) is 0.415. The normalized spacial score (nSPS) is 10.4. The molecule has 0 saturated heterocycles. The molecule has 1 N–H and O–H groups in total. The van der Waals surface area contributed by atoms with Gasteiger partial charge in [0.25, 0.3) is 0 Å². The minimum absolute atomic E-state index is 0.415. The average Bonchev–Trinajstić information content (AvgIpc) is 2.95. The summed E-state index contributed by atoms with van der Waals surface area (Å²) in [5.74, 6) is 0.911. The average molecular weight is 288 g/mol. The lowest BCUT2D eigenvalue weighted by Crippen LogP contribution is -1.99. The number of benzene rings is 1. The van der Waals surface area contributed by atoms with E-state index in [4.69, 9.17) is 16.1 Å². The number of aromatic nitrogens is 4. The van der Waals surface area contributed by atoms with Crippen LogP contribution in [0.1, 0.15) is 5.89 Å². The Morgan fingerprint density at radius 2 is 2.20 bits per heavy atom. The number of nitrogens with zero attached hydrogens (tertiary/aromatic N) is 4. The van der Waals surface area contributed by atoms with Gasteiger partial charge in [-0.1, -0.05) is 22.8 Å². The van der Waals surface area contributed by atoms with E-state index in [0.29, 0.717) is 29.0 Å². The Morgan fingerprint density at radius 1 is 1.25 bits per heavy atom. The fourth-order valence-corrected chi connectivity index (χ4v) is 1.82. The predicted molar refractivity (Wildman–Crippen MR) is 74.1 cm³/mol. The molecule has 0 aliphatic rings. The lowest BCUT2D eigenvalue weighted by Gasteiger charge is -2.02. The molecule has 0 unspecified atom stereocenters. The Hall–Kier alpha value is -2.47. The van der Waals surface area contributed by atoms with Gasteiger partial charge >= 0.3 is 0 Å². The van der Waals surface area contributed by atoms with Crippen LogP contribution in [0, 0.1) is 0 Å². The summed E-state index contributed by atoms with van der Waals surface area (Å²) < 4.78 is 5.15. The second-order valence-electron chi connectivity index (χ2n) is 3.97. The second-order valence-corrected chi connectivity index (χ2v) is 4.41. The van der Waals surface area contributed by atoms with E-state index in [1.54, 1.807) is 12.3 Å². The van der Waals surface area contributed by atoms with E-state index in [1.807, 2.05) is 24.3 Å². The molecule has 1 aromatic carbocycles. The zero-order chi connectivity index (χ0) is 13.8. The summed E-state index contributed by atoms with van der Waals surface area (Å²) in [5, 5.41) is 7.70. The maximum absolute atomic E-state index is 5.91. The lowest BCUT2D eigenvalue weighted by atomic mass is 10.3. The molecule has 0 aliphatic heterocycles. The molecule has 6 nitrogen and oxygen atoms in total. The highest BCUT2D eigenvalue weighted by Gasteiger charge is 2.09. The van der Waals surface area contributed by atoms with E-state index >= 15 is 0 Å². The summed E-state index contributed by atoms with van der Waals surface area (Å²) >= 11 is 5.91. The Balaban J connectivity index is 1.69. The monoisotopic (exact) mass is 287 g/mol. The van der Waals surface area contributed by atoms with E-state index in [9.17, 15) is 0 Å². The summed E-state index contributed by atoms with van der Waals surface area (Å²) in [4.78, 5) is 12.2. The van der Waals surface area contributed by atoms with Gasteiger partial charge < -0.3 is 9.84 Å². The Labute approximate surface area is 119 Å². The van der Waals surface area contributed by atoms with E-state index in [1.165, 1.54) is 6.33 Å². The van der Waals surface area contributed by atoms with Gasteiger partial charge in [0.2, 0.25) is 11.7 Å². The van der Waals surface area contributed by atoms with Gasteiger partial charge in [-0.2, -0.15) is 4.98 Å². The van der Waals surface area contributed by atoms with Gasteiger partial charge in [0.15, 0.2) is 0 Å². The molecule has 0 atom stereocenters. The smallest absolute Gasteiger partial charge is 0.246 e. The maximum atomic E-state index is 5.91. The molecule has 0 spiro atoms. The first-order chi connectivity index (χ1) is 9.81. The van der Waals surface area contributed by atoms with Crippen molar-refractivity contribution in [1.29, 1.82) is 0 Å². The molecule has 3 rings (SSSR count). The molecule has 0 aliphatic carbocycles. The molecule has 3 aromatic rings. The number of halogens is 1. The van der Waals surface area contributed by atoms with Crippen LogP contribution >= 0.6 is 11.6 Å². The molecule has 0 fully saturated rings. The van der Waals surface area contributed by atoms with Crippen molar-refractivity contribution in [2.24, 2.45) is 0 Å². The Kier molecular flexibility index (Phi) is 3.56. The fraction of sp³-hybridized carbons (Fsp3) is 0.0769. The zero-order valence-corrected chi connectivity index (χ0v) is 11.1. The van der Waals surface area contributed by atoms with Gasteiger partial charge in [0, 0.05) is 16.9 Å². The number of anilines is 1. The zero-order valence-electron chi connectivity index (χ0n) is 10.3. The molecule has 0 bridgehead atoms. The van der Waals surface area contributed by atoms with Crippen LogP contribution in [0.5, 0.6) is 0 Å². The van der Waals surface area contributed by atoms with Crippen LogP contribution < -0.4 is 5.32 Å². The minimum atomic E-state index is 0.415. The molecule has 100 valence electrons. The first-order valence-corrected chi connectivity index (χ1v) is 6.27. The van der Waals surface area contributed by atoms with E-state index in [-0.39, 0.29) is 0 Å². The van der Waals surface area contributed by atoms with Gasteiger partial charge in [-0.25, -0.2) is 9.97 Å². The van der Waals surface area contributed by atoms with Gasteiger partial charge in [-0.15, -0.1) is 0 Å². The van der Waals surface area contributed by atoms with Crippen LogP contribution in [0.15, 0.2) is 47.4 Å². The second kappa shape index (κ2) is 5.66. The number of hydrogen-bond donors (Lipinski definition) is 1. The first kappa shape index (κ1) is 12.6. The van der Waals surface area contributed by atoms with Crippen LogP contribution in [0.4, 0.5) is 5.69 Å². The van der Waals surface area contributed by atoms with Crippen molar-refractivity contribution in [2.45, 2.75) is 6.54 Å². The maximum Gasteiger partial charge on any atom is 0.246 e. The molecule has 0 saturated carbocycles. The third kappa shape index (κ3) is 2.92. The third-order valence-electron chi connectivity index (χ3n) is 2.55. The summed E-state index contributed by atoms with van der Waals surface area (Å²) in [6.07, 6.45) is 3.07. The molecule has 0 radical (unpaired) electrons. The van der Waals surface area contributed by atoms with E-state index < -0.39 is 0 Å². The van der Waals surface area contributed by atoms with Gasteiger partial charge in [-0.05, 0) is 24.3 Å². The molecule has 0 amide bonds. The highest BCUT2D eigenvalue weighted by molar-refractivity contribution is 6.30. The molecule has 2 aromatic heterocycles. The van der Waals surface area contributed by atoms with E-state index in [2.05, 4.69) is 25.4 Å². The van der Waals surface area contributed by atoms with Crippen molar-refractivity contribution >= 4 is 17.3 Å². The molecular formula is C13H10ClN5O. The minimum Gasteiger partial charge on any atom is -0.376 e. The summed E-state index contributed by atoms with van der Waals surface area (Å²) in [6, 6.07) is 9.13. The van der Waals surface area contributed by atoms with Gasteiger partial charge in [-0.3, -0.25) is 0 Å². The quantitative estimate of drug-likeness (QED) is 0.795. The molecule has 2 heterocycles. The number of nitrogens with one attached hydrogen (secondary N) is 1. The molecular weight excluding hydrogens is 278 g/mol. The summed E-state index contributed by atoms with van der Waals surface area (Å²) in [5.41, 5.74) is 1.51. The van der Waals surface area contributed by atoms with Crippen LogP contribution in [0.3, 0.4) is 0 Å². The molecule has 20 heavy (non-hydrogen) atoms. The Bertz CT molecular complexity index is 701. The van der Waals surface area contributed by atoms with Crippen LogP contribution in [-0.2, 0) is 6.54 Å². The third-order valence-corrected chi connectivity index (χ3v) is 2.78. The van der Waals surface area contributed by atoms with Gasteiger partial charge in [0.1, 0.15) is 12.0 Å². The topological polar surface area (TPSA) is 76.7 Å².